The van der Waals surface area contributed by atoms with Crippen LogP contribution in [-0.4, -0.2) is 18.2 Å². The molecule has 1 aromatic carbocycles. The lowest BCUT2D eigenvalue weighted by atomic mass is 9.88. The Labute approximate surface area is 149 Å². The summed E-state index contributed by atoms with van der Waals surface area (Å²) in [6.07, 6.45) is 0.250. The van der Waals surface area contributed by atoms with Crippen LogP contribution >= 0.6 is 0 Å². The van der Waals surface area contributed by atoms with Crippen molar-refractivity contribution < 1.29 is 4.74 Å². The molecule has 0 spiro atoms. The van der Waals surface area contributed by atoms with Gasteiger partial charge in [-0.2, -0.15) is 0 Å². The first kappa shape index (κ1) is 21.1. The van der Waals surface area contributed by atoms with Crippen LogP contribution in [0.3, 0.4) is 0 Å². The van der Waals surface area contributed by atoms with Gasteiger partial charge in [0.05, 0.1) is 12.7 Å². The molecule has 0 radical (unpaired) electrons. The summed E-state index contributed by atoms with van der Waals surface area (Å²) >= 11 is 0. The van der Waals surface area contributed by atoms with Crippen LogP contribution in [0.25, 0.3) is 0 Å². The van der Waals surface area contributed by atoms with Crippen LogP contribution in [-0.2, 0) is 24.4 Å². The topological polar surface area (TPSA) is 33.3 Å². The second-order valence-electron chi connectivity index (χ2n) is 7.74. The van der Waals surface area contributed by atoms with E-state index in [9.17, 15) is 0 Å². The molecule has 0 aromatic heterocycles. The van der Waals surface area contributed by atoms with Gasteiger partial charge in [-0.15, -0.1) is 0 Å². The SMILES string of the molecule is Cc1c(CNC(C)C)c(C)c(COC(C)C)c(C)c1CNC(C)C. The molecule has 0 heterocycles. The van der Waals surface area contributed by atoms with E-state index in [1.165, 1.54) is 33.4 Å². The van der Waals surface area contributed by atoms with Gasteiger partial charge in [-0.1, -0.05) is 27.7 Å². The number of rotatable bonds is 9. The van der Waals surface area contributed by atoms with E-state index in [1.54, 1.807) is 0 Å². The molecule has 0 saturated heterocycles. The summed E-state index contributed by atoms with van der Waals surface area (Å²) in [6, 6.07) is 0.968. The van der Waals surface area contributed by atoms with Crippen LogP contribution < -0.4 is 10.6 Å². The number of hydrogen-bond donors (Lipinski definition) is 2. The van der Waals surface area contributed by atoms with E-state index in [4.69, 9.17) is 4.74 Å². The van der Waals surface area contributed by atoms with E-state index < -0.39 is 0 Å². The largest absolute Gasteiger partial charge is 0.374 e. The highest BCUT2D eigenvalue weighted by atomic mass is 16.5. The van der Waals surface area contributed by atoms with Crippen LogP contribution in [0.1, 0.15) is 74.9 Å². The lowest BCUT2D eigenvalue weighted by Gasteiger charge is -2.24. The molecule has 0 aliphatic carbocycles. The summed E-state index contributed by atoms with van der Waals surface area (Å²) < 4.78 is 5.95. The van der Waals surface area contributed by atoms with Gasteiger partial charge in [0.2, 0.25) is 0 Å². The third-order valence-corrected chi connectivity index (χ3v) is 4.65. The van der Waals surface area contributed by atoms with Gasteiger partial charge in [-0.3, -0.25) is 0 Å². The minimum Gasteiger partial charge on any atom is -0.374 e. The Hall–Kier alpha value is -0.900. The molecule has 3 nitrogen and oxygen atoms in total. The first-order chi connectivity index (χ1) is 11.1. The van der Waals surface area contributed by atoms with E-state index in [2.05, 4.69) is 72.9 Å². The molecule has 0 aliphatic rings. The fourth-order valence-electron chi connectivity index (χ4n) is 3.00. The van der Waals surface area contributed by atoms with Gasteiger partial charge in [0.25, 0.3) is 0 Å². The fourth-order valence-corrected chi connectivity index (χ4v) is 3.00. The second-order valence-corrected chi connectivity index (χ2v) is 7.74. The molecule has 0 saturated carbocycles. The summed E-state index contributed by atoms with van der Waals surface area (Å²) in [5.41, 5.74) is 8.39. The van der Waals surface area contributed by atoms with Gasteiger partial charge in [0.1, 0.15) is 0 Å². The van der Waals surface area contributed by atoms with Crippen molar-refractivity contribution in [2.45, 2.75) is 100 Å². The van der Waals surface area contributed by atoms with Gasteiger partial charge >= 0.3 is 0 Å². The summed E-state index contributed by atoms with van der Waals surface area (Å²) in [5.74, 6) is 0. The third kappa shape index (κ3) is 5.87. The second kappa shape index (κ2) is 9.55. The lowest BCUT2D eigenvalue weighted by Crippen LogP contribution is -2.26. The molecule has 0 bridgehead atoms. The van der Waals surface area contributed by atoms with Crippen molar-refractivity contribution >= 4 is 0 Å². The maximum Gasteiger partial charge on any atom is 0.0725 e. The van der Waals surface area contributed by atoms with Crippen LogP contribution in [0.2, 0.25) is 0 Å². The molecular formula is C21H38N2O. The number of nitrogens with one attached hydrogen (secondary N) is 2. The Morgan fingerprint density at radius 3 is 1.38 bits per heavy atom. The Balaban J connectivity index is 3.29. The normalized spacial score (nSPS) is 12.0. The lowest BCUT2D eigenvalue weighted by molar-refractivity contribution is 0.0650. The Bertz CT molecular complexity index is 436. The van der Waals surface area contributed by atoms with E-state index in [1.807, 2.05) is 0 Å². The zero-order valence-electron chi connectivity index (χ0n) is 17.3. The standard InChI is InChI=1S/C21H38N2O/c1-13(2)22-10-19-16(7)20(11-23-14(3)4)18(9)21(17(19)8)12-24-15(5)6/h13-15,22-23H,10-12H2,1-9H3. The number of benzene rings is 1. The molecule has 1 rings (SSSR count). The number of ether oxygens (including phenoxy) is 1. The Kier molecular flexibility index (Phi) is 8.41. The quantitative estimate of drug-likeness (QED) is 0.696. The minimum absolute atomic E-state index is 0.250. The van der Waals surface area contributed by atoms with E-state index >= 15 is 0 Å². The van der Waals surface area contributed by atoms with Crippen molar-refractivity contribution in [1.82, 2.24) is 10.6 Å². The van der Waals surface area contributed by atoms with Gasteiger partial charge in [-0.05, 0) is 68.0 Å². The predicted molar refractivity (Wildman–Crippen MR) is 105 cm³/mol. The molecule has 0 aliphatic heterocycles. The highest BCUT2D eigenvalue weighted by Gasteiger charge is 2.17. The predicted octanol–water partition coefficient (Wildman–Crippen LogP) is 4.53. The van der Waals surface area contributed by atoms with E-state index in [0.29, 0.717) is 18.7 Å². The van der Waals surface area contributed by atoms with Crippen molar-refractivity contribution in [3.63, 3.8) is 0 Å². The van der Waals surface area contributed by atoms with E-state index in [0.717, 1.165) is 13.1 Å². The molecule has 2 N–H and O–H groups in total. The first-order valence-corrected chi connectivity index (χ1v) is 9.33. The fraction of sp³-hybridized carbons (Fsp3) is 0.714. The summed E-state index contributed by atoms with van der Waals surface area (Å²) in [6.45, 7) is 22.3. The average Bonchev–Trinajstić information content (AvgIpc) is 2.45. The van der Waals surface area contributed by atoms with Crippen LogP contribution in [0.4, 0.5) is 0 Å². The molecule has 0 fully saturated rings. The molecule has 0 unspecified atom stereocenters. The molecule has 3 heteroatoms. The van der Waals surface area contributed by atoms with Gasteiger partial charge in [-0.25, -0.2) is 0 Å². The van der Waals surface area contributed by atoms with Crippen molar-refractivity contribution in [1.29, 1.82) is 0 Å². The van der Waals surface area contributed by atoms with Gasteiger partial charge in [0.15, 0.2) is 0 Å². The van der Waals surface area contributed by atoms with Crippen LogP contribution in [0.15, 0.2) is 0 Å². The van der Waals surface area contributed by atoms with Gasteiger partial charge in [0, 0.05) is 25.2 Å². The summed E-state index contributed by atoms with van der Waals surface area (Å²) in [7, 11) is 0. The molecule has 0 atom stereocenters. The molecular weight excluding hydrogens is 296 g/mol. The van der Waals surface area contributed by atoms with Crippen molar-refractivity contribution in [2.75, 3.05) is 0 Å². The zero-order chi connectivity index (χ0) is 18.4. The highest BCUT2D eigenvalue weighted by molar-refractivity contribution is 5.50. The summed E-state index contributed by atoms with van der Waals surface area (Å²) in [4.78, 5) is 0. The number of hydrogen-bond acceptors (Lipinski definition) is 3. The monoisotopic (exact) mass is 334 g/mol. The third-order valence-electron chi connectivity index (χ3n) is 4.65. The Morgan fingerprint density at radius 2 is 1.04 bits per heavy atom. The van der Waals surface area contributed by atoms with Gasteiger partial charge < -0.3 is 15.4 Å². The minimum atomic E-state index is 0.250. The Morgan fingerprint density at radius 1 is 0.667 bits per heavy atom. The average molecular weight is 335 g/mol. The molecule has 0 amide bonds. The molecule has 1 aromatic rings. The molecule has 138 valence electrons. The first-order valence-electron chi connectivity index (χ1n) is 9.33. The van der Waals surface area contributed by atoms with Crippen molar-refractivity contribution in [3.05, 3.63) is 33.4 Å². The smallest absolute Gasteiger partial charge is 0.0725 e. The van der Waals surface area contributed by atoms with Crippen molar-refractivity contribution in [3.8, 4) is 0 Å². The van der Waals surface area contributed by atoms with Crippen molar-refractivity contribution in [2.24, 2.45) is 0 Å². The van der Waals surface area contributed by atoms with E-state index in [-0.39, 0.29) is 6.10 Å². The maximum absolute atomic E-state index is 5.95. The van der Waals surface area contributed by atoms with Crippen LogP contribution in [0, 0.1) is 20.8 Å². The molecule has 24 heavy (non-hydrogen) atoms. The maximum atomic E-state index is 5.95. The summed E-state index contributed by atoms with van der Waals surface area (Å²) in [5, 5.41) is 7.17. The zero-order valence-corrected chi connectivity index (χ0v) is 17.3. The highest BCUT2D eigenvalue weighted by Crippen LogP contribution is 2.28. The van der Waals surface area contributed by atoms with Crippen LogP contribution in [0.5, 0.6) is 0 Å².